The van der Waals surface area contributed by atoms with Crippen LogP contribution in [0.2, 0.25) is 0 Å². The lowest BCUT2D eigenvalue weighted by molar-refractivity contribution is -0.141. The van der Waals surface area contributed by atoms with Crippen molar-refractivity contribution in [3.63, 3.8) is 0 Å². The largest absolute Gasteiger partial charge is 0.426 e. The molecule has 0 spiro atoms. The average molecular weight is 309 g/mol. The average Bonchev–Trinajstić information content (AvgIpc) is 2.89. The molecule has 3 aromatic rings. The Morgan fingerprint density at radius 2 is 1.86 bits per heavy atom. The van der Waals surface area contributed by atoms with Crippen molar-refractivity contribution in [2.45, 2.75) is 19.3 Å². The van der Waals surface area contributed by atoms with Gasteiger partial charge in [0.05, 0.1) is 21.7 Å². The summed E-state index contributed by atoms with van der Waals surface area (Å²) in [6.45, 7) is 0. The Bertz CT molecular complexity index is 803. The number of benzene rings is 2. The minimum atomic E-state index is -0.111. The molecule has 1 heterocycles. The molecule has 0 bridgehead atoms. The molecule has 110 valence electrons. The quantitative estimate of drug-likeness (QED) is 0.521. The molecule has 0 aliphatic heterocycles. The zero-order chi connectivity index (χ0) is 14.9. The van der Waals surface area contributed by atoms with E-state index in [9.17, 15) is 4.79 Å². The van der Waals surface area contributed by atoms with Crippen molar-refractivity contribution in [2.24, 2.45) is 5.92 Å². The lowest BCUT2D eigenvalue weighted by Gasteiger charge is -2.23. The van der Waals surface area contributed by atoms with Crippen molar-refractivity contribution in [3.05, 3.63) is 48.5 Å². The van der Waals surface area contributed by atoms with Crippen LogP contribution in [-0.4, -0.2) is 11.0 Å². The fourth-order valence-electron chi connectivity index (χ4n) is 2.56. The molecule has 0 saturated heterocycles. The second-order valence-corrected chi connectivity index (χ2v) is 6.56. The van der Waals surface area contributed by atoms with E-state index in [1.54, 1.807) is 11.3 Å². The Kier molecular flexibility index (Phi) is 3.39. The molecule has 1 aromatic heterocycles. The van der Waals surface area contributed by atoms with E-state index in [0.29, 0.717) is 5.75 Å². The number of hydrogen-bond acceptors (Lipinski definition) is 4. The second kappa shape index (κ2) is 5.54. The van der Waals surface area contributed by atoms with Crippen LogP contribution in [0.1, 0.15) is 19.3 Å². The predicted octanol–water partition coefficient (Wildman–Crippen LogP) is 4.67. The van der Waals surface area contributed by atoms with Gasteiger partial charge in [-0.1, -0.05) is 30.7 Å². The molecule has 1 aliphatic rings. The number of thiazole rings is 1. The van der Waals surface area contributed by atoms with Gasteiger partial charge in [0.1, 0.15) is 10.8 Å². The Balaban J connectivity index is 1.70. The van der Waals surface area contributed by atoms with Crippen LogP contribution in [0.3, 0.4) is 0 Å². The van der Waals surface area contributed by atoms with Crippen LogP contribution in [0.5, 0.6) is 5.75 Å². The molecular formula is C18H15NO2S. The van der Waals surface area contributed by atoms with Gasteiger partial charge in [0.15, 0.2) is 0 Å². The minimum absolute atomic E-state index is 0.0726. The van der Waals surface area contributed by atoms with Crippen molar-refractivity contribution in [1.82, 2.24) is 4.98 Å². The standard InChI is InChI=1S/C18H15NO2S/c20-18(12-6-5-7-12)21-15-10-3-1-8-13(15)17-19-14-9-2-4-11-16(14)22-17/h1-4,8-12H,5-7H2. The number of rotatable bonds is 3. The summed E-state index contributed by atoms with van der Waals surface area (Å²) in [4.78, 5) is 16.8. The molecular weight excluding hydrogens is 294 g/mol. The van der Waals surface area contributed by atoms with Gasteiger partial charge in [0.25, 0.3) is 0 Å². The van der Waals surface area contributed by atoms with E-state index in [-0.39, 0.29) is 11.9 Å². The van der Waals surface area contributed by atoms with E-state index < -0.39 is 0 Å². The zero-order valence-electron chi connectivity index (χ0n) is 12.0. The van der Waals surface area contributed by atoms with Crippen molar-refractivity contribution in [3.8, 4) is 16.3 Å². The lowest BCUT2D eigenvalue weighted by Crippen LogP contribution is -2.26. The van der Waals surface area contributed by atoms with E-state index in [0.717, 1.165) is 40.1 Å². The van der Waals surface area contributed by atoms with Gasteiger partial charge < -0.3 is 4.74 Å². The first-order valence-corrected chi connectivity index (χ1v) is 8.29. The van der Waals surface area contributed by atoms with Crippen LogP contribution in [-0.2, 0) is 4.79 Å². The zero-order valence-corrected chi connectivity index (χ0v) is 12.8. The molecule has 0 radical (unpaired) electrons. The number of esters is 1. The van der Waals surface area contributed by atoms with Crippen LogP contribution < -0.4 is 4.74 Å². The Labute approximate surface area is 132 Å². The first kappa shape index (κ1) is 13.5. The highest BCUT2D eigenvalue weighted by Gasteiger charge is 2.27. The van der Waals surface area contributed by atoms with Gasteiger partial charge in [0.2, 0.25) is 0 Å². The third-order valence-corrected chi connectivity index (χ3v) is 5.13. The summed E-state index contributed by atoms with van der Waals surface area (Å²) in [5, 5.41) is 0.887. The van der Waals surface area contributed by atoms with Crippen molar-refractivity contribution < 1.29 is 9.53 Å². The highest BCUT2D eigenvalue weighted by molar-refractivity contribution is 7.21. The first-order valence-electron chi connectivity index (χ1n) is 7.48. The number of para-hydroxylation sites is 2. The molecule has 4 heteroatoms. The van der Waals surface area contributed by atoms with Gasteiger partial charge in [-0.15, -0.1) is 11.3 Å². The van der Waals surface area contributed by atoms with Crippen LogP contribution in [0.4, 0.5) is 0 Å². The van der Waals surface area contributed by atoms with Gasteiger partial charge in [-0.05, 0) is 37.1 Å². The van der Waals surface area contributed by atoms with E-state index in [4.69, 9.17) is 4.74 Å². The lowest BCUT2D eigenvalue weighted by atomic mass is 9.86. The normalized spacial score (nSPS) is 14.7. The smallest absolute Gasteiger partial charge is 0.314 e. The summed E-state index contributed by atoms with van der Waals surface area (Å²) in [7, 11) is 0. The van der Waals surface area contributed by atoms with E-state index in [1.165, 1.54) is 0 Å². The molecule has 0 unspecified atom stereocenters. The SMILES string of the molecule is O=C(Oc1ccccc1-c1nc2ccccc2s1)C1CCC1. The van der Waals surface area contributed by atoms with Gasteiger partial charge in [-0.2, -0.15) is 0 Å². The van der Waals surface area contributed by atoms with Crippen molar-refractivity contribution >= 4 is 27.5 Å². The van der Waals surface area contributed by atoms with Gasteiger partial charge in [-0.25, -0.2) is 4.98 Å². The van der Waals surface area contributed by atoms with Gasteiger partial charge >= 0.3 is 5.97 Å². The number of hydrogen-bond donors (Lipinski definition) is 0. The summed E-state index contributed by atoms with van der Waals surface area (Å²) in [6, 6.07) is 15.7. The third-order valence-electron chi connectivity index (χ3n) is 4.06. The molecule has 0 atom stereocenters. The molecule has 0 amide bonds. The summed E-state index contributed by atoms with van der Waals surface area (Å²) in [5.41, 5.74) is 1.86. The van der Waals surface area contributed by atoms with Gasteiger partial charge in [-0.3, -0.25) is 4.79 Å². The Morgan fingerprint density at radius 1 is 1.09 bits per heavy atom. The number of carbonyl (C=O) groups excluding carboxylic acids is 1. The van der Waals surface area contributed by atoms with Crippen LogP contribution in [0, 0.1) is 5.92 Å². The summed E-state index contributed by atoms with van der Waals surface area (Å²) >= 11 is 1.62. The molecule has 4 rings (SSSR count). The number of ether oxygens (including phenoxy) is 1. The molecule has 2 aromatic carbocycles. The highest BCUT2D eigenvalue weighted by atomic mass is 32.1. The molecule has 3 nitrogen and oxygen atoms in total. The molecule has 1 fully saturated rings. The molecule has 1 aliphatic carbocycles. The van der Waals surface area contributed by atoms with E-state index >= 15 is 0 Å². The summed E-state index contributed by atoms with van der Waals surface area (Å²) in [5.74, 6) is 0.571. The Morgan fingerprint density at radius 3 is 2.64 bits per heavy atom. The molecule has 0 N–H and O–H groups in total. The van der Waals surface area contributed by atoms with E-state index in [2.05, 4.69) is 11.1 Å². The van der Waals surface area contributed by atoms with Gasteiger partial charge in [0, 0.05) is 0 Å². The summed E-state index contributed by atoms with van der Waals surface area (Å²) < 4.78 is 6.76. The maximum Gasteiger partial charge on any atom is 0.314 e. The fraction of sp³-hybridized carbons (Fsp3) is 0.222. The second-order valence-electron chi connectivity index (χ2n) is 5.53. The third kappa shape index (κ3) is 2.40. The molecule has 22 heavy (non-hydrogen) atoms. The van der Waals surface area contributed by atoms with E-state index in [1.807, 2.05) is 42.5 Å². The van der Waals surface area contributed by atoms with Crippen LogP contribution >= 0.6 is 11.3 Å². The number of fused-ring (bicyclic) bond motifs is 1. The molecule has 1 saturated carbocycles. The maximum atomic E-state index is 12.1. The van der Waals surface area contributed by atoms with Crippen molar-refractivity contribution in [2.75, 3.05) is 0 Å². The minimum Gasteiger partial charge on any atom is -0.426 e. The van der Waals surface area contributed by atoms with Crippen molar-refractivity contribution in [1.29, 1.82) is 0 Å². The van der Waals surface area contributed by atoms with Crippen LogP contribution in [0.25, 0.3) is 20.8 Å². The predicted molar refractivity (Wildman–Crippen MR) is 88.0 cm³/mol. The fourth-order valence-corrected chi connectivity index (χ4v) is 3.55. The topological polar surface area (TPSA) is 39.2 Å². The first-order chi connectivity index (χ1) is 10.8. The number of carbonyl (C=O) groups is 1. The number of aromatic nitrogens is 1. The monoisotopic (exact) mass is 309 g/mol. The Hall–Kier alpha value is -2.20. The maximum absolute atomic E-state index is 12.1. The summed E-state index contributed by atoms with van der Waals surface area (Å²) in [6.07, 6.45) is 3.02. The highest BCUT2D eigenvalue weighted by Crippen LogP contribution is 2.36. The van der Waals surface area contributed by atoms with Crippen LogP contribution in [0.15, 0.2) is 48.5 Å². The number of nitrogens with zero attached hydrogens (tertiary/aromatic N) is 1.